The van der Waals surface area contributed by atoms with Crippen molar-refractivity contribution in [2.75, 3.05) is 12.8 Å². The number of benzene rings is 4. The van der Waals surface area contributed by atoms with Gasteiger partial charge in [-0.05, 0) is 54.9 Å². The summed E-state index contributed by atoms with van der Waals surface area (Å²) >= 11 is 1.36. The number of pyridine rings is 1. The molecule has 0 aliphatic heterocycles. The van der Waals surface area contributed by atoms with Gasteiger partial charge in [-0.15, -0.1) is 11.3 Å². The van der Waals surface area contributed by atoms with Crippen LogP contribution in [0.5, 0.6) is 0 Å². The third-order valence-corrected chi connectivity index (χ3v) is 9.87. The number of halogens is 2. The van der Waals surface area contributed by atoms with Crippen molar-refractivity contribution in [1.82, 2.24) is 9.47 Å². The molecule has 7 rings (SSSR count). The number of Topliss-reactive ketones (excluding diaryl/α,β-unsaturated/α-hetero) is 1. The first kappa shape index (κ1) is 34.6. The Kier molecular flexibility index (Phi) is 9.88. The first-order valence-electron chi connectivity index (χ1n) is 16.0. The summed E-state index contributed by atoms with van der Waals surface area (Å²) in [6, 6.07) is 29.6. The standard InChI is InChI=1S/C36H29F2N3O2S.C4H6O2/c1-40(19-23-9-4-2-5-10-23)20-28-32-34(43)29(33(42)24-11-6-3-7-12-24)22-41(21-27-30(37)13-8-14-31(27)38)36(32)44-35(28)25-15-17-26(39)18-16-25;1-4(6)2-3(4)5/h2-18,22H,19-21,39H2,1H3;6H,2H2,1H3. The number of hydrogen-bond acceptors (Lipinski definition) is 7. The predicted octanol–water partition coefficient (Wildman–Crippen LogP) is 7.21. The average molecular weight is 692 g/mol. The van der Waals surface area contributed by atoms with E-state index >= 15 is 0 Å². The first-order valence-corrected chi connectivity index (χ1v) is 16.8. The van der Waals surface area contributed by atoms with Crippen molar-refractivity contribution in [3.8, 4) is 10.4 Å². The van der Waals surface area contributed by atoms with Gasteiger partial charge in [0.1, 0.15) is 22.1 Å². The number of rotatable bonds is 9. The average Bonchev–Trinajstić information content (AvgIpc) is 3.47. The summed E-state index contributed by atoms with van der Waals surface area (Å²) in [6.07, 6.45) is 1.79. The van der Waals surface area contributed by atoms with Crippen LogP contribution in [-0.4, -0.2) is 38.8 Å². The summed E-state index contributed by atoms with van der Waals surface area (Å²) in [5.74, 6) is -1.90. The molecule has 2 heterocycles. The lowest BCUT2D eigenvalue weighted by molar-refractivity contribution is -0.115. The molecule has 1 fully saturated rings. The molecule has 0 spiro atoms. The Labute approximate surface area is 291 Å². The Morgan fingerprint density at radius 1 is 0.880 bits per heavy atom. The second-order valence-corrected chi connectivity index (χ2v) is 13.6. The molecule has 1 aliphatic carbocycles. The molecule has 2 aromatic heterocycles. The molecule has 7 nitrogen and oxygen atoms in total. The molecule has 6 aromatic rings. The molecule has 0 amide bonds. The summed E-state index contributed by atoms with van der Waals surface area (Å²) < 4.78 is 31.4. The third-order valence-electron chi connectivity index (χ3n) is 8.55. The van der Waals surface area contributed by atoms with Crippen LogP contribution in [-0.2, 0) is 24.4 Å². The maximum Gasteiger partial charge on any atom is 0.201 e. The maximum absolute atomic E-state index is 14.9. The molecule has 1 aliphatic rings. The number of thiophene rings is 1. The number of nitrogen functional groups attached to an aromatic ring is 1. The first-order chi connectivity index (χ1) is 23.9. The number of nitrogens with zero attached hydrogens (tertiary/aromatic N) is 2. The number of ketones is 2. The molecule has 1 unspecified atom stereocenters. The number of aromatic nitrogens is 1. The Hall–Kier alpha value is -5.29. The minimum atomic E-state index is -0.931. The molecular formula is C40H35F2N3O4S. The van der Waals surface area contributed by atoms with Crippen molar-refractivity contribution in [2.24, 2.45) is 0 Å². The predicted molar refractivity (Wildman–Crippen MR) is 193 cm³/mol. The third kappa shape index (κ3) is 7.47. The number of anilines is 1. The fourth-order valence-corrected chi connectivity index (χ4v) is 6.97. The van der Waals surface area contributed by atoms with Gasteiger partial charge < -0.3 is 15.4 Å². The summed E-state index contributed by atoms with van der Waals surface area (Å²) in [5.41, 5.74) is 8.08. The van der Waals surface area contributed by atoms with E-state index in [2.05, 4.69) is 4.90 Å². The largest absolute Gasteiger partial charge is 0.399 e. The molecular weight excluding hydrogens is 657 g/mol. The van der Waals surface area contributed by atoms with Gasteiger partial charge in [-0.1, -0.05) is 78.9 Å². The summed E-state index contributed by atoms with van der Waals surface area (Å²) in [7, 11) is 1.97. The van der Waals surface area contributed by atoms with E-state index in [0.717, 1.165) is 21.6 Å². The lowest BCUT2D eigenvalue weighted by Crippen LogP contribution is -2.22. The fraction of sp³-hybridized carbons (Fsp3) is 0.175. The molecule has 1 atom stereocenters. The van der Waals surface area contributed by atoms with E-state index in [1.165, 1.54) is 42.7 Å². The highest BCUT2D eigenvalue weighted by Gasteiger charge is 2.47. The Balaban J connectivity index is 0.000000652. The van der Waals surface area contributed by atoms with Gasteiger partial charge in [-0.2, -0.15) is 0 Å². The van der Waals surface area contributed by atoms with Crippen LogP contribution in [0.3, 0.4) is 0 Å². The van der Waals surface area contributed by atoms with Crippen LogP contribution in [0.1, 0.15) is 46.0 Å². The molecule has 0 bridgehead atoms. The van der Waals surface area contributed by atoms with Crippen molar-refractivity contribution in [1.29, 1.82) is 0 Å². The van der Waals surface area contributed by atoms with Gasteiger partial charge >= 0.3 is 0 Å². The maximum atomic E-state index is 14.9. The van der Waals surface area contributed by atoms with Gasteiger partial charge in [-0.25, -0.2) is 8.78 Å². The van der Waals surface area contributed by atoms with E-state index in [1.54, 1.807) is 47.0 Å². The van der Waals surface area contributed by atoms with Gasteiger partial charge in [-0.3, -0.25) is 19.3 Å². The minimum absolute atomic E-state index is 0.0394. The SMILES string of the molecule is CC1(O)CC1=O.CN(Cc1ccccc1)Cc1c(-c2ccc(N)cc2)sc2c1c(=O)c(C(=O)c1ccccc1)cn2Cc1c(F)cccc1F. The number of carbonyl (C=O) groups excluding carboxylic acids is 2. The topological polar surface area (TPSA) is 106 Å². The smallest absolute Gasteiger partial charge is 0.201 e. The van der Waals surface area contributed by atoms with Gasteiger partial charge in [0.05, 0.1) is 17.5 Å². The number of aliphatic hydroxyl groups is 1. The van der Waals surface area contributed by atoms with E-state index in [1.807, 2.05) is 49.5 Å². The van der Waals surface area contributed by atoms with E-state index in [9.17, 15) is 23.2 Å². The molecule has 4 aromatic carbocycles. The normalized spacial score (nSPS) is 15.2. The van der Waals surface area contributed by atoms with Crippen molar-refractivity contribution < 1.29 is 23.5 Å². The molecule has 0 radical (unpaired) electrons. The van der Waals surface area contributed by atoms with Gasteiger partial charge in [0, 0.05) is 47.4 Å². The molecule has 1 saturated carbocycles. The number of carbonyl (C=O) groups is 2. The molecule has 50 heavy (non-hydrogen) atoms. The van der Waals surface area contributed by atoms with Gasteiger partial charge in [0.25, 0.3) is 0 Å². The zero-order valence-corrected chi connectivity index (χ0v) is 28.3. The Morgan fingerprint density at radius 3 is 2.04 bits per heavy atom. The van der Waals surface area contributed by atoms with Crippen molar-refractivity contribution in [2.45, 2.75) is 38.6 Å². The fourth-order valence-electron chi connectivity index (χ4n) is 5.68. The van der Waals surface area contributed by atoms with Crippen LogP contribution in [0, 0.1) is 11.6 Å². The molecule has 0 saturated heterocycles. The van der Waals surface area contributed by atoms with Crippen LogP contribution >= 0.6 is 11.3 Å². The van der Waals surface area contributed by atoms with Crippen LogP contribution in [0.2, 0.25) is 0 Å². The van der Waals surface area contributed by atoms with Gasteiger partial charge in [0.15, 0.2) is 11.6 Å². The zero-order chi connectivity index (χ0) is 35.6. The number of nitrogens with two attached hydrogens (primary N) is 1. The number of fused-ring (bicyclic) bond motifs is 1. The monoisotopic (exact) mass is 691 g/mol. The Morgan fingerprint density at radius 2 is 1.46 bits per heavy atom. The zero-order valence-electron chi connectivity index (χ0n) is 27.5. The molecule has 3 N–H and O–H groups in total. The van der Waals surface area contributed by atoms with E-state index in [-0.39, 0.29) is 23.5 Å². The second kappa shape index (κ2) is 14.3. The van der Waals surface area contributed by atoms with Crippen LogP contribution in [0.4, 0.5) is 14.5 Å². The second-order valence-electron chi connectivity index (χ2n) is 12.6. The van der Waals surface area contributed by atoms with Crippen molar-refractivity contribution >= 4 is 38.8 Å². The van der Waals surface area contributed by atoms with Gasteiger partial charge in [0.2, 0.25) is 5.43 Å². The van der Waals surface area contributed by atoms with Crippen LogP contribution in [0.25, 0.3) is 20.7 Å². The highest BCUT2D eigenvalue weighted by Crippen LogP contribution is 2.39. The lowest BCUT2D eigenvalue weighted by atomic mass is 10.00. The van der Waals surface area contributed by atoms with Crippen molar-refractivity contribution in [3.63, 3.8) is 0 Å². The minimum Gasteiger partial charge on any atom is -0.399 e. The number of hydrogen-bond donors (Lipinski definition) is 2. The van der Waals surface area contributed by atoms with E-state index in [4.69, 9.17) is 10.8 Å². The highest BCUT2D eigenvalue weighted by atomic mass is 32.1. The van der Waals surface area contributed by atoms with Crippen LogP contribution < -0.4 is 11.2 Å². The molecule has 10 heteroatoms. The quantitative estimate of drug-likeness (QED) is 0.123. The Bertz CT molecular complexity index is 2230. The lowest BCUT2D eigenvalue weighted by Gasteiger charge is -2.18. The van der Waals surface area contributed by atoms with E-state index < -0.39 is 28.4 Å². The summed E-state index contributed by atoms with van der Waals surface area (Å²) in [5, 5.41) is 8.91. The highest BCUT2D eigenvalue weighted by molar-refractivity contribution is 7.22. The van der Waals surface area contributed by atoms with Crippen LogP contribution in [0.15, 0.2) is 114 Å². The molecule has 254 valence electrons. The summed E-state index contributed by atoms with van der Waals surface area (Å²) in [6.45, 7) is 2.33. The van der Waals surface area contributed by atoms with Crippen molar-refractivity contribution in [3.05, 3.63) is 159 Å². The summed E-state index contributed by atoms with van der Waals surface area (Å²) in [4.78, 5) is 41.5. The van der Waals surface area contributed by atoms with E-state index in [0.29, 0.717) is 41.0 Å².